The number of nitrogens with one attached hydrogen (secondary N) is 2. The van der Waals surface area contributed by atoms with Crippen LogP contribution in [0.4, 0.5) is 5.69 Å². The predicted molar refractivity (Wildman–Crippen MR) is 86.9 cm³/mol. The van der Waals surface area contributed by atoms with Crippen LogP contribution < -0.4 is 10.1 Å². The van der Waals surface area contributed by atoms with Crippen molar-refractivity contribution in [2.24, 2.45) is 0 Å². The zero-order valence-electron chi connectivity index (χ0n) is 13.4. The highest BCUT2D eigenvalue weighted by molar-refractivity contribution is 6.02. The molecule has 1 aromatic carbocycles. The van der Waals surface area contributed by atoms with E-state index in [9.17, 15) is 4.79 Å². The van der Waals surface area contributed by atoms with E-state index in [0.29, 0.717) is 5.69 Å². The van der Waals surface area contributed by atoms with Crippen molar-refractivity contribution >= 4 is 11.6 Å². The highest BCUT2D eigenvalue weighted by atomic mass is 16.5. The van der Waals surface area contributed by atoms with E-state index in [0.717, 1.165) is 48.7 Å². The number of hydrogen-bond donors (Lipinski definition) is 2. The maximum Gasteiger partial charge on any atom is 0.276 e. The fraction of sp³-hybridized carbons (Fsp3) is 0.412. The molecule has 0 bridgehead atoms. The van der Waals surface area contributed by atoms with Crippen LogP contribution in [0.1, 0.15) is 34.6 Å². The quantitative estimate of drug-likeness (QED) is 0.909. The van der Waals surface area contributed by atoms with Gasteiger partial charge in [0, 0.05) is 24.2 Å². The molecule has 0 spiro atoms. The van der Waals surface area contributed by atoms with Gasteiger partial charge in [0.1, 0.15) is 11.9 Å². The SMILES string of the molecule is Cc1cc(C(=O)Nc2ccc(OC3CCOCC3)c(C)c2)n[nH]1. The van der Waals surface area contributed by atoms with Crippen molar-refractivity contribution in [2.75, 3.05) is 18.5 Å². The lowest BCUT2D eigenvalue weighted by Crippen LogP contribution is -2.26. The average molecular weight is 315 g/mol. The Morgan fingerprint density at radius 1 is 1.30 bits per heavy atom. The summed E-state index contributed by atoms with van der Waals surface area (Å²) in [7, 11) is 0. The number of aromatic nitrogens is 2. The van der Waals surface area contributed by atoms with Crippen LogP contribution in [0.15, 0.2) is 24.3 Å². The summed E-state index contributed by atoms with van der Waals surface area (Å²) in [6.45, 7) is 5.33. The molecule has 0 aliphatic carbocycles. The van der Waals surface area contributed by atoms with Crippen LogP contribution in [0.5, 0.6) is 5.75 Å². The second kappa shape index (κ2) is 6.83. The van der Waals surface area contributed by atoms with Crippen molar-refractivity contribution in [1.29, 1.82) is 0 Å². The first kappa shape index (κ1) is 15.6. The van der Waals surface area contributed by atoms with Gasteiger partial charge in [-0.15, -0.1) is 0 Å². The van der Waals surface area contributed by atoms with E-state index in [1.165, 1.54) is 0 Å². The number of H-pyrrole nitrogens is 1. The zero-order chi connectivity index (χ0) is 16.2. The van der Waals surface area contributed by atoms with Gasteiger partial charge in [-0.05, 0) is 43.7 Å². The van der Waals surface area contributed by atoms with Gasteiger partial charge in [0.15, 0.2) is 5.69 Å². The Bertz CT molecular complexity index is 690. The van der Waals surface area contributed by atoms with Gasteiger partial charge < -0.3 is 14.8 Å². The summed E-state index contributed by atoms with van der Waals surface area (Å²) in [6, 6.07) is 7.37. The third kappa shape index (κ3) is 3.90. The molecule has 2 aromatic rings. The molecule has 0 atom stereocenters. The smallest absolute Gasteiger partial charge is 0.276 e. The van der Waals surface area contributed by atoms with E-state index in [-0.39, 0.29) is 12.0 Å². The first-order valence-corrected chi connectivity index (χ1v) is 7.80. The van der Waals surface area contributed by atoms with Crippen molar-refractivity contribution in [3.63, 3.8) is 0 Å². The van der Waals surface area contributed by atoms with Gasteiger partial charge in [-0.25, -0.2) is 0 Å². The molecule has 122 valence electrons. The largest absolute Gasteiger partial charge is 0.490 e. The lowest BCUT2D eigenvalue weighted by molar-refractivity contribution is 0.0253. The summed E-state index contributed by atoms with van der Waals surface area (Å²) < 4.78 is 11.4. The molecule has 3 rings (SSSR count). The number of nitrogens with zero attached hydrogens (tertiary/aromatic N) is 1. The maximum atomic E-state index is 12.1. The first-order chi connectivity index (χ1) is 11.1. The molecule has 0 saturated carbocycles. The van der Waals surface area contributed by atoms with Crippen molar-refractivity contribution < 1.29 is 14.3 Å². The van der Waals surface area contributed by atoms with Gasteiger partial charge in [0.2, 0.25) is 0 Å². The number of rotatable bonds is 4. The van der Waals surface area contributed by atoms with Crippen LogP contribution in [0.3, 0.4) is 0 Å². The second-order valence-corrected chi connectivity index (χ2v) is 5.80. The Hall–Kier alpha value is -2.34. The molecule has 6 heteroatoms. The molecule has 1 amide bonds. The summed E-state index contributed by atoms with van der Waals surface area (Å²) >= 11 is 0. The van der Waals surface area contributed by atoms with Crippen molar-refractivity contribution in [3.8, 4) is 5.75 Å². The van der Waals surface area contributed by atoms with E-state index in [2.05, 4.69) is 15.5 Å². The van der Waals surface area contributed by atoms with Gasteiger partial charge >= 0.3 is 0 Å². The minimum absolute atomic E-state index is 0.204. The number of hydrogen-bond acceptors (Lipinski definition) is 4. The van der Waals surface area contributed by atoms with Gasteiger partial charge in [-0.3, -0.25) is 9.89 Å². The van der Waals surface area contributed by atoms with E-state index in [4.69, 9.17) is 9.47 Å². The van der Waals surface area contributed by atoms with Gasteiger partial charge in [-0.2, -0.15) is 5.10 Å². The molecule has 0 radical (unpaired) electrons. The highest BCUT2D eigenvalue weighted by Gasteiger charge is 2.16. The summed E-state index contributed by atoms with van der Waals surface area (Å²) in [4.78, 5) is 12.1. The van der Waals surface area contributed by atoms with Crippen LogP contribution in [-0.2, 0) is 4.74 Å². The molecule has 23 heavy (non-hydrogen) atoms. The molecule has 1 aliphatic heterocycles. The Morgan fingerprint density at radius 2 is 2.09 bits per heavy atom. The number of amides is 1. The van der Waals surface area contributed by atoms with Gasteiger partial charge in [-0.1, -0.05) is 0 Å². The summed E-state index contributed by atoms with van der Waals surface area (Å²) in [6.07, 6.45) is 2.03. The number of carbonyl (C=O) groups excluding carboxylic acids is 1. The lowest BCUT2D eigenvalue weighted by atomic mass is 10.1. The molecule has 1 aromatic heterocycles. The number of carbonyl (C=O) groups is 1. The van der Waals surface area contributed by atoms with Gasteiger partial charge in [0.25, 0.3) is 5.91 Å². The van der Waals surface area contributed by atoms with E-state index < -0.39 is 0 Å². The zero-order valence-corrected chi connectivity index (χ0v) is 13.4. The van der Waals surface area contributed by atoms with Crippen molar-refractivity contribution in [2.45, 2.75) is 32.8 Å². The minimum atomic E-state index is -0.230. The van der Waals surface area contributed by atoms with Crippen LogP contribution >= 0.6 is 0 Å². The molecule has 2 N–H and O–H groups in total. The summed E-state index contributed by atoms with van der Waals surface area (Å²) in [5.41, 5.74) is 2.95. The molecule has 6 nitrogen and oxygen atoms in total. The predicted octanol–water partition coefficient (Wildman–Crippen LogP) is 2.84. The third-order valence-electron chi connectivity index (χ3n) is 3.83. The Balaban J connectivity index is 1.65. The first-order valence-electron chi connectivity index (χ1n) is 7.80. The molecular formula is C17H21N3O3. The second-order valence-electron chi connectivity index (χ2n) is 5.80. The summed E-state index contributed by atoms with van der Waals surface area (Å²) in [5, 5.41) is 9.56. The maximum absolute atomic E-state index is 12.1. The van der Waals surface area contributed by atoms with Crippen LogP contribution in [0.25, 0.3) is 0 Å². The standard InChI is InChI=1S/C17H21N3O3/c1-11-9-13(18-17(21)15-10-12(2)19-20-15)3-4-16(11)23-14-5-7-22-8-6-14/h3-4,9-10,14H,5-8H2,1-2H3,(H,18,21)(H,19,20). The Kier molecular flexibility index (Phi) is 4.62. The molecule has 1 aliphatic rings. The van der Waals surface area contributed by atoms with Crippen LogP contribution in [0, 0.1) is 13.8 Å². The Labute approximate surface area is 135 Å². The lowest BCUT2D eigenvalue weighted by Gasteiger charge is -2.24. The van der Waals surface area contributed by atoms with Gasteiger partial charge in [0.05, 0.1) is 13.2 Å². The van der Waals surface area contributed by atoms with Crippen LogP contribution in [0.2, 0.25) is 0 Å². The number of anilines is 1. The Morgan fingerprint density at radius 3 is 2.74 bits per heavy atom. The van der Waals surface area contributed by atoms with E-state index >= 15 is 0 Å². The third-order valence-corrected chi connectivity index (χ3v) is 3.83. The molecular weight excluding hydrogens is 294 g/mol. The van der Waals surface area contributed by atoms with Crippen LogP contribution in [-0.4, -0.2) is 35.4 Å². The number of aromatic amines is 1. The van der Waals surface area contributed by atoms with Crippen molar-refractivity contribution in [1.82, 2.24) is 10.2 Å². The molecule has 0 unspecified atom stereocenters. The molecule has 1 fully saturated rings. The van der Waals surface area contributed by atoms with E-state index in [1.807, 2.05) is 32.0 Å². The monoisotopic (exact) mass is 315 g/mol. The topological polar surface area (TPSA) is 76.2 Å². The fourth-order valence-electron chi connectivity index (χ4n) is 2.56. The number of benzene rings is 1. The van der Waals surface area contributed by atoms with Crippen molar-refractivity contribution in [3.05, 3.63) is 41.2 Å². The fourth-order valence-corrected chi connectivity index (χ4v) is 2.56. The molecule has 1 saturated heterocycles. The molecule has 2 heterocycles. The number of aryl methyl sites for hydroxylation is 2. The van der Waals surface area contributed by atoms with E-state index in [1.54, 1.807) is 6.07 Å². The number of ether oxygens (including phenoxy) is 2. The summed E-state index contributed by atoms with van der Waals surface area (Å²) in [5.74, 6) is 0.623. The normalized spacial score (nSPS) is 15.4. The highest BCUT2D eigenvalue weighted by Crippen LogP contribution is 2.25. The minimum Gasteiger partial charge on any atom is -0.490 e. The average Bonchev–Trinajstić information content (AvgIpc) is 2.98.